The molecule has 2 rings (SSSR count). The first-order valence-electron chi connectivity index (χ1n) is 11.4. The lowest BCUT2D eigenvalue weighted by molar-refractivity contribution is 0.378. The van der Waals surface area contributed by atoms with E-state index < -0.39 is 0 Å². The van der Waals surface area contributed by atoms with Crippen molar-refractivity contribution in [3.63, 3.8) is 0 Å². The summed E-state index contributed by atoms with van der Waals surface area (Å²) in [7, 11) is 6.64. The zero-order valence-electron chi connectivity index (χ0n) is 21.5. The Labute approximate surface area is 210 Å². The lowest BCUT2D eigenvalue weighted by Crippen LogP contribution is -2.23. The summed E-state index contributed by atoms with van der Waals surface area (Å²) in [5.74, 6) is 2.85. The van der Waals surface area contributed by atoms with Crippen LogP contribution in [-0.4, -0.2) is 54.6 Å². The van der Waals surface area contributed by atoms with Crippen LogP contribution in [0.2, 0.25) is 0 Å². The minimum Gasteiger partial charge on any atom is -0.496 e. The SMILES string of the molecule is C=CCN(CC=C)c1cc(OC)c(Cc2c(OC)cc(N(CC=C)CC=C)cc2OC)c(OC)c1. The molecular weight excluding hydrogens is 440 g/mol. The molecule has 0 radical (unpaired) electrons. The second-order valence-corrected chi connectivity index (χ2v) is 7.80. The van der Waals surface area contributed by atoms with Gasteiger partial charge in [-0.1, -0.05) is 24.3 Å². The summed E-state index contributed by atoms with van der Waals surface area (Å²) in [6, 6.07) is 8.03. The molecule has 0 aliphatic heterocycles. The molecule has 188 valence electrons. The number of benzene rings is 2. The van der Waals surface area contributed by atoms with E-state index >= 15 is 0 Å². The van der Waals surface area contributed by atoms with Crippen molar-refractivity contribution in [3.8, 4) is 23.0 Å². The van der Waals surface area contributed by atoms with Crippen molar-refractivity contribution in [2.45, 2.75) is 6.42 Å². The largest absolute Gasteiger partial charge is 0.496 e. The smallest absolute Gasteiger partial charge is 0.128 e. The molecule has 0 saturated carbocycles. The summed E-state index contributed by atoms with van der Waals surface area (Å²) < 4.78 is 23.2. The topological polar surface area (TPSA) is 43.4 Å². The van der Waals surface area contributed by atoms with Crippen LogP contribution in [0.5, 0.6) is 23.0 Å². The summed E-state index contributed by atoms with van der Waals surface area (Å²) in [6.45, 7) is 18.2. The average molecular weight is 479 g/mol. The number of anilines is 2. The van der Waals surface area contributed by atoms with Crippen molar-refractivity contribution in [1.29, 1.82) is 0 Å². The number of rotatable bonds is 16. The van der Waals surface area contributed by atoms with Crippen LogP contribution in [-0.2, 0) is 6.42 Å². The fourth-order valence-electron chi connectivity index (χ4n) is 4.02. The molecule has 0 N–H and O–H groups in total. The van der Waals surface area contributed by atoms with Gasteiger partial charge >= 0.3 is 0 Å². The third kappa shape index (κ3) is 6.63. The van der Waals surface area contributed by atoms with Gasteiger partial charge in [-0.2, -0.15) is 0 Å². The van der Waals surface area contributed by atoms with E-state index in [9.17, 15) is 0 Å². The maximum absolute atomic E-state index is 5.81. The normalized spacial score (nSPS) is 10.2. The second-order valence-electron chi connectivity index (χ2n) is 7.80. The molecule has 0 aromatic heterocycles. The third-order valence-corrected chi connectivity index (χ3v) is 5.67. The molecule has 0 bridgehead atoms. The summed E-state index contributed by atoms with van der Waals surface area (Å²) in [6.07, 6.45) is 7.92. The van der Waals surface area contributed by atoms with Gasteiger partial charge in [0.25, 0.3) is 0 Å². The van der Waals surface area contributed by atoms with E-state index in [1.807, 2.05) is 48.6 Å². The van der Waals surface area contributed by atoms with Crippen LogP contribution in [0.25, 0.3) is 0 Å². The predicted molar refractivity (Wildman–Crippen MR) is 147 cm³/mol. The molecular formula is C29H38N2O4. The molecule has 0 spiro atoms. The molecule has 6 heteroatoms. The fraction of sp³-hybridized carbons (Fsp3) is 0.310. The summed E-state index contributed by atoms with van der Waals surface area (Å²) in [5.41, 5.74) is 3.71. The van der Waals surface area contributed by atoms with Gasteiger partial charge in [-0.25, -0.2) is 0 Å². The number of hydrogen-bond donors (Lipinski definition) is 0. The molecule has 0 saturated heterocycles. The zero-order valence-corrected chi connectivity index (χ0v) is 21.5. The number of nitrogens with zero attached hydrogens (tertiary/aromatic N) is 2. The Morgan fingerprint density at radius 3 is 1.00 bits per heavy atom. The van der Waals surface area contributed by atoms with Crippen LogP contribution >= 0.6 is 0 Å². The molecule has 0 unspecified atom stereocenters. The van der Waals surface area contributed by atoms with Gasteiger partial charge in [0, 0.05) is 79.4 Å². The highest BCUT2D eigenvalue weighted by Crippen LogP contribution is 2.41. The van der Waals surface area contributed by atoms with Crippen molar-refractivity contribution in [3.05, 3.63) is 86.0 Å². The Kier molecular flexibility index (Phi) is 10.8. The third-order valence-electron chi connectivity index (χ3n) is 5.67. The van der Waals surface area contributed by atoms with Crippen LogP contribution in [0, 0.1) is 0 Å². The fourth-order valence-corrected chi connectivity index (χ4v) is 4.02. The average Bonchev–Trinajstić information content (AvgIpc) is 2.88. The van der Waals surface area contributed by atoms with E-state index in [0.29, 0.717) is 55.6 Å². The van der Waals surface area contributed by atoms with Crippen molar-refractivity contribution >= 4 is 11.4 Å². The van der Waals surface area contributed by atoms with Crippen molar-refractivity contribution in [2.24, 2.45) is 0 Å². The van der Waals surface area contributed by atoms with Crippen LogP contribution < -0.4 is 28.7 Å². The van der Waals surface area contributed by atoms with Gasteiger partial charge in [0.2, 0.25) is 0 Å². The monoisotopic (exact) mass is 478 g/mol. The number of ether oxygens (including phenoxy) is 4. The maximum Gasteiger partial charge on any atom is 0.128 e. The van der Waals surface area contributed by atoms with Gasteiger partial charge in [-0.05, 0) is 0 Å². The Hall–Kier alpha value is -3.80. The summed E-state index contributed by atoms with van der Waals surface area (Å²) in [5, 5.41) is 0. The molecule has 6 nitrogen and oxygen atoms in total. The number of hydrogen-bond acceptors (Lipinski definition) is 6. The van der Waals surface area contributed by atoms with Gasteiger partial charge in [0.1, 0.15) is 23.0 Å². The van der Waals surface area contributed by atoms with Crippen molar-refractivity contribution in [2.75, 3.05) is 64.4 Å². The van der Waals surface area contributed by atoms with E-state index in [-0.39, 0.29) is 0 Å². The Morgan fingerprint density at radius 2 is 0.800 bits per heavy atom. The summed E-state index contributed by atoms with van der Waals surface area (Å²) in [4.78, 5) is 4.27. The van der Waals surface area contributed by atoms with Gasteiger partial charge in [0.15, 0.2) is 0 Å². The van der Waals surface area contributed by atoms with Crippen LogP contribution in [0.1, 0.15) is 11.1 Å². The molecule has 2 aromatic carbocycles. The first kappa shape index (κ1) is 27.4. The highest BCUT2D eigenvalue weighted by atomic mass is 16.5. The zero-order chi connectivity index (χ0) is 25.8. The maximum atomic E-state index is 5.81. The van der Waals surface area contributed by atoms with Gasteiger partial charge < -0.3 is 28.7 Å². The molecule has 2 aromatic rings. The van der Waals surface area contributed by atoms with E-state index in [0.717, 1.165) is 22.5 Å². The minimum absolute atomic E-state index is 0.491. The van der Waals surface area contributed by atoms with E-state index in [1.54, 1.807) is 28.4 Å². The van der Waals surface area contributed by atoms with E-state index in [1.165, 1.54) is 0 Å². The Balaban J connectivity index is 2.62. The van der Waals surface area contributed by atoms with Gasteiger partial charge in [-0.15, -0.1) is 26.3 Å². The van der Waals surface area contributed by atoms with Crippen molar-refractivity contribution < 1.29 is 18.9 Å². The minimum atomic E-state index is 0.491. The highest BCUT2D eigenvalue weighted by Gasteiger charge is 2.21. The molecule has 0 aliphatic carbocycles. The van der Waals surface area contributed by atoms with Crippen molar-refractivity contribution in [1.82, 2.24) is 0 Å². The predicted octanol–water partition coefficient (Wildman–Crippen LogP) is 5.67. The first-order valence-corrected chi connectivity index (χ1v) is 11.4. The molecule has 0 amide bonds. The number of methoxy groups -OCH3 is 4. The standard InChI is InChI=1S/C29H38N2O4/c1-9-13-30(14-10-2)22-17-26(32-5)24(27(18-22)33-6)21-25-28(34-7)19-23(20-29(25)35-8)31(15-11-3)16-12-4/h9-12,17-20H,1-4,13-16,21H2,5-8H3. The van der Waals surface area contributed by atoms with Crippen LogP contribution in [0.15, 0.2) is 74.9 Å². The van der Waals surface area contributed by atoms with E-state index in [4.69, 9.17) is 18.9 Å². The Morgan fingerprint density at radius 1 is 0.543 bits per heavy atom. The lowest BCUT2D eigenvalue weighted by Gasteiger charge is -2.26. The first-order chi connectivity index (χ1) is 17.0. The molecule has 0 fully saturated rings. The van der Waals surface area contributed by atoms with E-state index in [2.05, 4.69) is 36.1 Å². The molecule has 0 aliphatic rings. The lowest BCUT2D eigenvalue weighted by atomic mass is 9.99. The highest BCUT2D eigenvalue weighted by molar-refractivity contribution is 5.65. The van der Waals surface area contributed by atoms with Gasteiger partial charge in [0.05, 0.1) is 28.4 Å². The summed E-state index contributed by atoms with van der Waals surface area (Å²) >= 11 is 0. The van der Waals surface area contributed by atoms with Gasteiger partial charge in [-0.3, -0.25) is 0 Å². The molecule has 0 heterocycles. The molecule has 35 heavy (non-hydrogen) atoms. The van der Waals surface area contributed by atoms with Crippen LogP contribution in [0.4, 0.5) is 11.4 Å². The molecule has 0 atom stereocenters. The quantitative estimate of drug-likeness (QED) is 0.290. The Bertz CT molecular complexity index is 880. The second kappa shape index (κ2) is 13.8. The van der Waals surface area contributed by atoms with Crippen LogP contribution in [0.3, 0.4) is 0 Å².